The predicted octanol–water partition coefficient (Wildman–Crippen LogP) is 3.93. The number of aromatic nitrogens is 1. The topological polar surface area (TPSA) is 77.5 Å². The summed E-state index contributed by atoms with van der Waals surface area (Å²) >= 11 is 3.33. The molecule has 0 radical (unpaired) electrons. The van der Waals surface area contributed by atoms with Gasteiger partial charge in [-0.05, 0) is 18.2 Å². The molecule has 1 aliphatic heterocycles. The Bertz CT molecular complexity index is 849. The Hall–Kier alpha value is -2.06. The summed E-state index contributed by atoms with van der Waals surface area (Å²) in [6.07, 6.45) is 1.31. The predicted molar refractivity (Wildman–Crippen MR) is 98.6 cm³/mol. The first-order valence-corrected chi connectivity index (χ1v) is 9.44. The first kappa shape index (κ1) is 17.8. The van der Waals surface area contributed by atoms with Crippen LogP contribution < -0.4 is 5.32 Å². The van der Waals surface area contributed by atoms with Crippen LogP contribution in [-0.4, -0.2) is 28.0 Å². The minimum Gasteiger partial charge on any atom is -0.419 e. The molecule has 0 saturated carbocycles. The third-order valence-corrected chi connectivity index (χ3v) is 5.32. The van der Waals surface area contributed by atoms with Gasteiger partial charge in [0.05, 0.1) is 10.2 Å². The normalized spacial score (nSPS) is 16.8. The first-order chi connectivity index (χ1) is 11.7. The zero-order chi connectivity index (χ0) is 18.2. The summed E-state index contributed by atoms with van der Waals surface area (Å²) < 4.78 is 12.2. The first-order valence-electron chi connectivity index (χ1n) is 7.74. The van der Waals surface area contributed by atoms with Crippen LogP contribution in [0.25, 0.3) is 10.2 Å². The fourth-order valence-corrected chi connectivity index (χ4v) is 4.51. The van der Waals surface area contributed by atoms with Gasteiger partial charge in [-0.1, -0.05) is 25.6 Å². The molecule has 0 aliphatic carbocycles. The number of anilines is 1. The lowest BCUT2D eigenvalue weighted by Gasteiger charge is -2.29. The standard InChI is InChI=1S/C17H18N2O4S2/c1-9(2)24-16-19-12-6-5-10(7-13(12)25-16)18-8-11-14(20)22-17(3,4)23-15(11)21/h5-9,18H,1-4H3. The van der Waals surface area contributed by atoms with Crippen molar-refractivity contribution in [2.45, 2.75) is 43.1 Å². The average molecular weight is 378 g/mol. The maximum atomic E-state index is 11.9. The molecule has 1 fully saturated rings. The minimum absolute atomic E-state index is 0.167. The van der Waals surface area contributed by atoms with Crippen molar-refractivity contribution in [1.29, 1.82) is 0 Å². The van der Waals surface area contributed by atoms with E-state index in [1.54, 1.807) is 23.1 Å². The smallest absolute Gasteiger partial charge is 0.350 e. The van der Waals surface area contributed by atoms with Crippen molar-refractivity contribution >= 4 is 50.9 Å². The molecule has 0 bridgehead atoms. The van der Waals surface area contributed by atoms with Gasteiger partial charge in [0.1, 0.15) is 0 Å². The van der Waals surface area contributed by atoms with Gasteiger partial charge in [0.15, 0.2) is 9.91 Å². The van der Waals surface area contributed by atoms with Gasteiger partial charge in [-0.25, -0.2) is 14.6 Å². The summed E-state index contributed by atoms with van der Waals surface area (Å²) in [6.45, 7) is 7.27. The van der Waals surface area contributed by atoms with Crippen molar-refractivity contribution in [2.75, 3.05) is 5.32 Å². The Balaban J connectivity index is 1.78. The third-order valence-electron chi connectivity index (χ3n) is 3.21. The van der Waals surface area contributed by atoms with Crippen LogP contribution in [-0.2, 0) is 19.1 Å². The van der Waals surface area contributed by atoms with E-state index in [9.17, 15) is 9.59 Å². The Labute approximate surface area is 153 Å². The number of thioether (sulfide) groups is 1. The van der Waals surface area contributed by atoms with E-state index in [4.69, 9.17) is 9.47 Å². The summed E-state index contributed by atoms with van der Waals surface area (Å²) in [5.41, 5.74) is 1.50. The van der Waals surface area contributed by atoms with Crippen LogP contribution in [0.1, 0.15) is 27.7 Å². The van der Waals surface area contributed by atoms with Crippen molar-refractivity contribution < 1.29 is 19.1 Å². The minimum atomic E-state index is -1.24. The number of thiazole rings is 1. The summed E-state index contributed by atoms with van der Waals surface area (Å²) in [7, 11) is 0. The number of esters is 2. The molecular weight excluding hydrogens is 360 g/mol. The molecule has 1 aliphatic rings. The lowest BCUT2D eigenvalue weighted by atomic mass is 10.2. The molecule has 2 aromatic rings. The molecule has 3 rings (SSSR count). The van der Waals surface area contributed by atoms with E-state index in [1.807, 2.05) is 18.2 Å². The molecule has 1 aromatic carbocycles. The molecular formula is C17H18N2O4S2. The highest BCUT2D eigenvalue weighted by molar-refractivity contribution is 8.01. The molecule has 6 nitrogen and oxygen atoms in total. The maximum absolute atomic E-state index is 11.9. The Morgan fingerprint density at radius 2 is 1.92 bits per heavy atom. The SMILES string of the molecule is CC(C)Sc1nc2ccc(NC=C3C(=O)OC(C)(C)OC3=O)cc2s1. The molecule has 25 heavy (non-hydrogen) atoms. The molecule has 1 aromatic heterocycles. The van der Waals surface area contributed by atoms with E-state index >= 15 is 0 Å². The van der Waals surface area contributed by atoms with E-state index in [0.717, 1.165) is 20.2 Å². The lowest BCUT2D eigenvalue weighted by Crippen LogP contribution is -2.42. The summed E-state index contributed by atoms with van der Waals surface area (Å²) in [4.78, 5) is 28.4. The zero-order valence-electron chi connectivity index (χ0n) is 14.3. The molecule has 0 spiro atoms. The van der Waals surface area contributed by atoms with Crippen LogP contribution in [0, 0.1) is 0 Å². The molecule has 1 N–H and O–H groups in total. The molecule has 2 heterocycles. The van der Waals surface area contributed by atoms with Crippen LogP contribution in [0.4, 0.5) is 5.69 Å². The van der Waals surface area contributed by atoms with Crippen molar-refractivity contribution in [3.05, 3.63) is 30.0 Å². The monoisotopic (exact) mass is 378 g/mol. The van der Waals surface area contributed by atoms with E-state index in [2.05, 4.69) is 24.1 Å². The third kappa shape index (κ3) is 4.13. The number of ether oxygens (including phenoxy) is 2. The highest BCUT2D eigenvalue weighted by Crippen LogP contribution is 2.33. The van der Waals surface area contributed by atoms with Crippen molar-refractivity contribution in [3.63, 3.8) is 0 Å². The molecule has 1 saturated heterocycles. The quantitative estimate of drug-likeness (QED) is 0.374. The van der Waals surface area contributed by atoms with Crippen molar-refractivity contribution in [3.8, 4) is 0 Å². The van der Waals surface area contributed by atoms with Crippen LogP contribution in [0.2, 0.25) is 0 Å². The van der Waals surface area contributed by atoms with Crippen LogP contribution in [0.5, 0.6) is 0 Å². The Kier molecular flexibility index (Phi) is 4.75. The molecule has 0 atom stereocenters. The zero-order valence-corrected chi connectivity index (χ0v) is 15.9. The largest absolute Gasteiger partial charge is 0.419 e. The fourth-order valence-electron chi connectivity index (χ4n) is 2.18. The van der Waals surface area contributed by atoms with Gasteiger partial charge in [-0.3, -0.25) is 0 Å². The second-order valence-corrected chi connectivity index (χ2v) is 9.06. The van der Waals surface area contributed by atoms with Crippen LogP contribution in [0.15, 0.2) is 34.3 Å². The number of hydrogen-bond acceptors (Lipinski definition) is 8. The summed E-state index contributed by atoms with van der Waals surface area (Å²) in [5, 5.41) is 3.42. The number of fused-ring (bicyclic) bond motifs is 1. The number of cyclic esters (lactones) is 2. The van der Waals surface area contributed by atoms with Crippen LogP contribution >= 0.6 is 23.1 Å². The van der Waals surface area contributed by atoms with Crippen LogP contribution in [0.3, 0.4) is 0 Å². The molecule has 132 valence electrons. The number of nitrogens with zero attached hydrogens (tertiary/aromatic N) is 1. The second kappa shape index (κ2) is 6.68. The van der Waals surface area contributed by atoms with E-state index in [1.165, 1.54) is 20.0 Å². The van der Waals surface area contributed by atoms with Gasteiger partial charge in [-0.2, -0.15) is 0 Å². The van der Waals surface area contributed by atoms with Gasteiger partial charge in [-0.15, -0.1) is 11.3 Å². The van der Waals surface area contributed by atoms with Gasteiger partial charge in [0, 0.05) is 31.0 Å². The van der Waals surface area contributed by atoms with Gasteiger partial charge >= 0.3 is 11.9 Å². The second-order valence-electron chi connectivity index (χ2n) is 6.21. The number of nitrogens with one attached hydrogen (secondary N) is 1. The Morgan fingerprint density at radius 1 is 1.24 bits per heavy atom. The lowest BCUT2D eigenvalue weighted by molar-refractivity contribution is -0.222. The number of benzene rings is 1. The van der Waals surface area contributed by atoms with Crippen molar-refractivity contribution in [2.24, 2.45) is 0 Å². The molecule has 0 unspecified atom stereocenters. The van der Waals surface area contributed by atoms with Gasteiger partial charge in [0.25, 0.3) is 5.79 Å². The highest BCUT2D eigenvalue weighted by Gasteiger charge is 2.38. The average Bonchev–Trinajstić information content (AvgIpc) is 2.85. The van der Waals surface area contributed by atoms with Crippen molar-refractivity contribution in [1.82, 2.24) is 4.98 Å². The number of carbonyl (C=O) groups excluding carboxylic acids is 2. The number of rotatable bonds is 4. The number of carbonyl (C=O) groups is 2. The van der Waals surface area contributed by atoms with E-state index in [-0.39, 0.29) is 5.57 Å². The Morgan fingerprint density at radius 3 is 2.56 bits per heavy atom. The summed E-state index contributed by atoms with van der Waals surface area (Å²) in [5.74, 6) is -2.65. The maximum Gasteiger partial charge on any atom is 0.350 e. The highest BCUT2D eigenvalue weighted by atomic mass is 32.2. The van der Waals surface area contributed by atoms with E-state index < -0.39 is 17.7 Å². The van der Waals surface area contributed by atoms with Gasteiger partial charge in [0.2, 0.25) is 0 Å². The van der Waals surface area contributed by atoms with E-state index in [0.29, 0.717) is 5.25 Å². The number of hydrogen-bond donors (Lipinski definition) is 1. The van der Waals surface area contributed by atoms with Gasteiger partial charge < -0.3 is 14.8 Å². The fraction of sp³-hybridized carbons (Fsp3) is 0.353. The molecule has 8 heteroatoms. The molecule has 0 amide bonds. The summed E-state index contributed by atoms with van der Waals surface area (Å²) in [6, 6.07) is 5.67.